The molecule has 0 radical (unpaired) electrons. The van der Waals surface area contributed by atoms with Crippen molar-refractivity contribution in [1.29, 1.82) is 0 Å². The first-order valence-electron chi connectivity index (χ1n) is 8.45. The number of amides is 2. The lowest BCUT2D eigenvalue weighted by molar-refractivity contribution is -0.130. The lowest BCUT2D eigenvalue weighted by Gasteiger charge is -2.59. The van der Waals surface area contributed by atoms with E-state index in [1.165, 1.54) is 45.4 Å². The Morgan fingerprint density at radius 3 is 1.86 bits per heavy atom. The maximum Gasteiger partial charge on any atom is 0.242 e. The smallest absolute Gasteiger partial charge is 0.242 e. The largest absolute Gasteiger partial charge is 0.351 e. The monoisotopic (exact) mass is 292 g/mol. The molecule has 0 saturated heterocycles. The molecule has 0 aromatic rings. The number of hydrogen-bond acceptors (Lipinski definition) is 2. The van der Waals surface area contributed by atoms with E-state index in [0.29, 0.717) is 5.41 Å². The van der Waals surface area contributed by atoms with E-state index >= 15 is 0 Å². The first-order valence-corrected chi connectivity index (χ1v) is 8.45. The molecule has 2 amide bonds. The molecule has 0 aromatic heterocycles. The molecule has 0 aliphatic heterocycles. The summed E-state index contributed by atoms with van der Waals surface area (Å²) in [5.74, 6) is 2.48. The number of hydrogen-bond donors (Lipinski definition) is 2. The lowest BCUT2D eigenvalue weighted by atomic mass is 9.48. The predicted molar refractivity (Wildman–Crippen MR) is 81.5 cm³/mol. The highest BCUT2D eigenvalue weighted by atomic mass is 16.2. The van der Waals surface area contributed by atoms with Crippen molar-refractivity contribution < 1.29 is 9.59 Å². The fraction of sp³-hybridized carbons (Fsp3) is 0.882. The standard InChI is InChI=1S/C17H28N2O2/c1-10(18-12(3)20)16(21)19-11(2)17-7-13-4-14(8-17)6-15(5-13)9-17/h10-11,13-15H,4-9H2,1-3H3,(H,18,20)(H,19,21)/t10-,11+,13?,14?,15?,17?/m1/s1. The Labute approximate surface area is 127 Å². The van der Waals surface area contributed by atoms with Crippen molar-refractivity contribution in [2.75, 3.05) is 0 Å². The highest BCUT2D eigenvalue weighted by molar-refractivity contribution is 5.86. The van der Waals surface area contributed by atoms with Crippen LogP contribution in [0.15, 0.2) is 0 Å². The molecule has 4 nitrogen and oxygen atoms in total. The highest BCUT2D eigenvalue weighted by Gasteiger charge is 2.53. The molecule has 4 rings (SSSR count). The molecule has 4 fully saturated rings. The van der Waals surface area contributed by atoms with E-state index in [1.54, 1.807) is 6.92 Å². The maximum atomic E-state index is 12.3. The summed E-state index contributed by atoms with van der Waals surface area (Å²) in [7, 11) is 0. The van der Waals surface area contributed by atoms with Crippen molar-refractivity contribution in [2.45, 2.75) is 71.4 Å². The summed E-state index contributed by atoms with van der Waals surface area (Å²) < 4.78 is 0. The van der Waals surface area contributed by atoms with Gasteiger partial charge in [0, 0.05) is 13.0 Å². The van der Waals surface area contributed by atoms with E-state index in [0.717, 1.165) is 17.8 Å². The van der Waals surface area contributed by atoms with Gasteiger partial charge >= 0.3 is 0 Å². The molecule has 4 aliphatic carbocycles. The van der Waals surface area contributed by atoms with Crippen LogP contribution in [0.25, 0.3) is 0 Å². The molecular formula is C17H28N2O2. The zero-order chi connectivity index (χ0) is 15.2. The van der Waals surface area contributed by atoms with Gasteiger partial charge in [-0.15, -0.1) is 0 Å². The average Bonchev–Trinajstić information content (AvgIpc) is 2.35. The second kappa shape index (κ2) is 5.29. The first kappa shape index (κ1) is 14.9. The quantitative estimate of drug-likeness (QED) is 0.835. The molecule has 2 atom stereocenters. The third-order valence-electron chi connectivity index (χ3n) is 6.18. The molecule has 0 spiro atoms. The van der Waals surface area contributed by atoms with Crippen LogP contribution in [0.3, 0.4) is 0 Å². The van der Waals surface area contributed by atoms with E-state index in [4.69, 9.17) is 0 Å². The van der Waals surface area contributed by atoms with Gasteiger partial charge in [-0.1, -0.05) is 0 Å². The predicted octanol–water partition coefficient (Wildman–Crippen LogP) is 2.23. The SMILES string of the molecule is CC(=O)N[C@H](C)C(=O)N[C@@H](C)C12CC3CC(CC(C3)C1)C2. The minimum atomic E-state index is -0.445. The minimum absolute atomic E-state index is 0.0477. The van der Waals surface area contributed by atoms with Crippen LogP contribution in [0.4, 0.5) is 0 Å². The third-order valence-corrected chi connectivity index (χ3v) is 6.18. The maximum absolute atomic E-state index is 12.3. The molecule has 0 unspecified atom stereocenters. The van der Waals surface area contributed by atoms with Crippen LogP contribution in [0.1, 0.15) is 59.3 Å². The van der Waals surface area contributed by atoms with Crippen LogP contribution in [0.5, 0.6) is 0 Å². The van der Waals surface area contributed by atoms with Crippen molar-refractivity contribution in [3.8, 4) is 0 Å². The minimum Gasteiger partial charge on any atom is -0.351 e. The Kier molecular flexibility index (Phi) is 3.74. The van der Waals surface area contributed by atoms with Gasteiger partial charge in [-0.05, 0) is 75.5 Å². The van der Waals surface area contributed by atoms with Crippen molar-refractivity contribution in [3.05, 3.63) is 0 Å². The number of carbonyl (C=O) groups excluding carboxylic acids is 2. The first-order chi connectivity index (χ1) is 9.88. The molecule has 0 aromatic carbocycles. The van der Waals surface area contributed by atoms with Gasteiger partial charge in [0.1, 0.15) is 6.04 Å². The fourth-order valence-corrected chi connectivity index (χ4v) is 5.57. The summed E-state index contributed by atoms with van der Waals surface area (Å²) >= 11 is 0. The summed E-state index contributed by atoms with van der Waals surface area (Å²) in [6, 6.07) is -0.228. The van der Waals surface area contributed by atoms with Crippen molar-refractivity contribution in [2.24, 2.45) is 23.2 Å². The number of carbonyl (C=O) groups is 2. The Hall–Kier alpha value is -1.06. The van der Waals surface area contributed by atoms with Crippen molar-refractivity contribution in [3.63, 3.8) is 0 Å². The van der Waals surface area contributed by atoms with Gasteiger partial charge < -0.3 is 10.6 Å². The Morgan fingerprint density at radius 2 is 1.43 bits per heavy atom. The van der Waals surface area contributed by atoms with E-state index in [1.807, 2.05) is 0 Å². The van der Waals surface area contributed by atoms with E-state index in [-0.39, 0.29) is 17.9 Å². The molecule has 4 bridgehead atoms. The summed E-state index contributed by atoms with van der Waals surface area (Å²) in [6.45, 7) is 5.38. The molecule has 118 valence electrons. The second-order valence-corrected chi connectivity index (χ2v) is 7.93. The summed E-state index contributed by atoms with van der Waals surface area (Å²) in [5.41, 5.74) is 0.320. The highest BCUT2D eigenvalue weighted by Crippen LogP contribution is 2.61. The molecule has 21 heavy (non-hydrogen) atoms. The van der Waals surface area contributed by atoms with E-state index in [9.17, 15) is 9.59 Å². The molecule has 0 heterocycles. The van der Waals surface area contributed by atoms with Gasteiger partial charge in [-0.3, -0.25) is 9.59 Å². The van der Waals surface area contributed by atoms with Gasteiger partial charge in [-0.2, -0.15) is 0 Å². The zero-order valence-electron chi connectivity index (χ0n) is 13.4. The summed E-state index contributed by atoms with van der Waals surface area (Å²) in [4.78, 5) is 23.3. The average molecular weight is 292 g/mol. The Balaban J connectivity index is 1.64. The fourth-order valence-electron chi connectivity index (χ4n) is 5.57. The molecule has 2 N–H and O–H groups in total. The summed E-state index contributed by atoms with van der Waals surface area (Å²) in [6.07, 6.45) is 8.12. The number of nitrogens with one attached hydrogen (secondary N) is 2. The van der Waals surface area contributed by atoms with Gasteiger partial charge in [0.2, 0.25) is 11.8 Å². The lowest BCUT2D eigenvalue weighted by Crippen LogP contribution is -2.57. The molecule has 4 saturated carbocycles. The van der Waals surface area contributed by atoms with Crippen molar-refractivity contribution >= 4 is 11.8 Å². The Morgan fingerprint density at radius 1 is 0.952 bits per heavy atom. The van der Waals surface area contributed by atoms with Crippen LogP contribution in [-0.4, -0.2) is 23.9 Å². The molecule has 4 heteroatoms. The van der Waals surface area contributed by atoms with Gasteiger partial charge in [0.05, 0.1) is 0 Å². The van der Waals surface area contributed by atoms with Crippen LogP contribution < -0.4 is 10.6 Å². The van der Waals surface area contributed by atoms with Crippen molar-refractivity contribution in [1.82, 2.24) is 10.6 Å². The van der Waals surface area contributed by atoms with Gasteiger partial charge in [-0.25, -0.2) is 0 Å². The topological polar surface area (TPSA) is 58.2 Å². The van der Waals surface area contributed by atoms with Crippen LogP contribution in [0, 0.1) is 23.2 Å². The van der Waals surface area contributed by atoms with Crippen LogP contribution in [-0.2, 0) is 9.59 Å². The van der Waals surface area contributed by atoms with Crippen LogP contribution in [0.2, 0.25) is 0 Å². The second-order valence-electron chi connectivity index (χ2n) is 7.93. The number of rotatable bonds is 4. The van der Waals surface area contributed by atoms with Gasteiger partial charge in [0.15, 0.2) is 0 Å². The molecular weight excluding hydrogens is 264 g/mol. The molecule has 4 aliphatic rings. The zero-order valence-corrected chi connectivity index (χ0v) is 13.4. The normalized spacial score (nSPS) is 39.7. The van der Waals surface area contributed by atoms with Gasteiger partial charge in [0.25, 0.3) is 0 Å². The summed E-state index contributed by atoms with van der Waals surface area (Å²) in [5, 5.41) is 5.86. The van der Waals surface area contributed by atoms with E-state index in [2.05, 4.69) is 17.6 Å². The van der Waals surface area contributed by atoms with E-state index < -0.39 is 6.04 Å². The van der Waals surface area contributed by atoms with Crippen LogP contribution >= 0.6 is 0 Å². The third kappa shape index (κ3) is 2.82. The Bertz CT molecular complexity index is 411.